The van der Waals surface area contributed by atoms with Crippen molar-refractivity contribution in [2.75, 3.05) is 19.6 Å². The first-order valence-corrected chi connectivity index (χ1v) is 16.3. The molecule has 2 aliphatic rings. The Balaban J connectivity index is 1.27. The lowest BCUT2D eigenvalue weighted by molar-refractivity contribution is -0.127. The van der Waals surface area contributed by atoms with Gasteiger partial charge in [0.1, 0.15) is 10.3 Å². The second kappa shape index (κ2) is 11.6. The minimum Gasteiger partial charge on any atom is -0.409 e. The molecular formula is C24H27N11O5S3. The molecule has 1 saturated heterocycles. The Bertz CT molecular complexity index is 1820. The van der Waals surface area contributed by atoms with Gasteiger partial charge in [-0.05, 0) is 47.0 Å². The van der Waals surface area contributed by atoms with Gasteiger partial charge in [-0.15, -0.1) is 27.8 Å². The van der Waals surface area contributed by atoms with Crippen molar-refractivity contribution in [3.05, 3.63) is 51.2 Å². The number of amidine groups is 1. The number of aromatic nitrogens is 5. The topological polar surface area (TPSA) is 225 Å². The van der Waals surface area contributed by atoms with Crippen molar-refractivity contribution >= 4 is 60.4 Å². The van der Waals surface area contributed by atoms with E-state index in [4.69, 9.17) is 10.9 Å². The van der Waals surface area contributed by atoms with E-state index in [0.717, 1.165) is 21.9 Å². The molecule has 6 N–H and O–H groups in total. The van der Waals surface area contributed by atoms with Gasteiger partial charge in [0, 0.05) is 53.8 Å². The molecule has 6 rings (SSSR count). The fourth-order valence-corrected chi connectivity index (χ4v) is 8.97. The number of rotatable bonds is 7. The number of benzene rings is 1. The van der Waals surface area contributed by atoms with Crippen LogP contribution in [0.1, 0.15) is 38.7 Å². The zero-order valence-electron chi connectivity index (χ0n) is 22.7. The smallest absolute Gasteiger partial charge is 0.283 e. The number of thiophene rings is 1. The number of thiazole rings is 1. The van der Waals surface area contributed by atoms with Crippen LogP contribution in [0.4, 0.5) is 0 Å². The molecular weight excluding hydrogens is 619 g/mol. The summed E-state index contributed by atoms with van der Waals surface area (Å²) in [7, 11) is -4.05. The maximum atomic E-state index is 13.8. The Morgan fingerprint density at radius 1 is 1.26 bits per heavy atom. The molecule has 19 heteroatoms. The van der Waals surface area contributed by atoms with Crippen molar-refractivity contribution in [2.24, 2.45) is 10.9 Å². The minimum atomic E-state index is -4.05. The second-order valence-electron chi connectivity index (χ2n) is 10.1. The maximum Gasteiger partial charge on any atom is 0.283 e. The lowest BCUT2D eigenvalue weighted by Crippen LogP contribution is -2.61. The van der Waals surface area contributed by atoms with Crippen LogP contribution in [0.15, 0.2) is 33.6 Å². The highest BCUT2D eigenvalue weighted by Gasteiger charge is 2.41. The van der Waals surface area contributed by atoms with Crippen molar-refractivity contribution in [3.8, 4) is 0 Å². The molecule has 1 aromatic carbocycles. The summed E-state index contributed by atoms with van der Waals surface area (Å²) in [5, 5.41) is 32.2. The zero-order valence-corrected chi connectivity index (χ0v) is 25.2. The molecule has 0 radical (unpaired) electrons. The van der Waals surface area contributed by atoms with E-state index in [-0.39, 0.29) is 47.3 Å². The highest BCUT2D eigenvalue weighted by Crippen LogP contribution is 2.33. The molecule has 16 nitrogen and oxygen atoms in total. The van der Waals surface area contributed by atoms with Crippen LogP contribution in [0, 0.1) is 0 Å². The average Bonchev–Trinajstić information content (AvgIpc) is 3.78. The van der Waals surface area contributed by atoms with Crippen LogP contribution in [0.25, 0.3) is 10.1 Å². The first kappa shape index (κ1) is 29.1. The summed E-state index contributed by atoms with van der Waals surface area (Å²) in [5.41, 5.74) is 7.00. The number of nitrogens with two attached hydrogens (primary N) is 1. The van der Waals surface area contributed by atoms with Crippen molar-refractivity contribution in [1.82, 2.24) is 45.4 Å². The van der Waals surface area contributed by atoms with Gasteiger partial charge in [0.15, 0.2) is 16.7 Å². The number of sulfonamides is 1. The summed E-state index contributed by atoms with van der Waals surface area (Å²) in [6.45, 7) is 2.32. The molecule has 2 atom stereocenters. The van der Waals surface area contributed by atoms with Gasteiger partial charge >= 0.3 is 0 Å². The van der Waals surface area contributed by atoms with Gasteiger partial charge in [-0.2, -0.15) is 4.31 Å². The Kier molecular flexibility index (Phi) is 7.81. The van der Waals surface area contributed by atoms with Crippen LogP contribution in [-0.2, 0) is 34.3 Å². The van der Waals surface area contributed by atoms with Gasteiger partial charge in [0.2, 0.25) is 5.91 Å². The molecule has 226 valence electrons. The number of hydrogen-bond donors (Lipinski definition) is 5. The number of H-pyrrole nitrogens is 1. The first-order chi connectivity index (χ1) is 20.6. The highest BCUT2D eigenvalue weighted by molar-refractivity contribution is 7.91. The van der Waals surface area contributed by atoms with Gasteiger partial charge in [-0.3, -0.25) is 9.59 Å². The monoisotopic (exact) mass is 645 g/mol. The normalized spacial score (nSPS) is 19.8. The third kappa shape index (κ3) is 5.68. The fraction of sp³-hybridized carbons (Fsp3) is 0.375. The lowest BCUT2D eigenvalue weighted by Gasteiger charge is -2.39. The summed E-state index contributed by atoms with van der Waals surface area (Å²) < 4.78 is 29.6. The summed E-state index contributed by atoms with van der Waals surface area (Å²) in [4.78, 5) is 34.2. The third-order valence-corrected chi connectivity index (χ3v) is 11.8. The van der Waals surface area contributed by atoms with Gasteiger partial charge in [-0.1, -0.05) is 5.16 Å². The van der Waals surface area contributed by atoms with Crippen molar-refractivity contribution in [2.45, 2.75) is 42.7 Å². The van der Waals surface area contributed by atoms with Crippen LogP contribution >= 0.6 is 22.7 Å². The predicted octanol–water partition coefficient (Wildman–Crippen LogP) is -0.169. The van der Waals surface area contributed by atoms with E-state index in [1.807, 2.05) is 6.92 Å². The summed E-state index contributed by atoms with van der Waals surface area (Å²) in [6, 6.07) is 5.58. The van der Waals surface area contributed by atoms with E-state index >= 15 is 0 Å². The fourth-order valence-electron chi connectivity index (χ4n) is 5.00. The zero-order chi connectivity index (χ0) is 30.3. The van der Waals surface area contributed by atoms with Crippen LogP contribution < -0.4 is 16.4 Å². The average molecular weight is 646 g/mol. The number of nitrogens with zero attached hydrogens (tertiary/aromatic N) is 7. The molecule has 43 heavy (non-hydrogen) atoms. The van der Waals surface area contributed by atoms with E-state index in [1.54, 1.807) is 18.2 Å². The van der Waals surface area contributed by atoms with Gasteiger partial charge < -0.3 is 26.5 Å². The Hall–Kier alpha value is -4.04. The van der Waals surface area contributed by atoms with E-state index in [2.05, 4.69) is 41.4 Å². The largest absolute Gasteiger partial charge is 0.409 e. The molecule has 0 bridgehead atoms. The number of carbonyl (C=O) groups excluding carboxylic acids is 2. The van der Waals surface area contributed by atoms with Crippen LogP contribution in [0.2, 0.25) is 0 Å². The Labute approximate surface area is 253 Å². The molecule has 1 fully saturated rings. The number of carbonyl (C=O) groups is 2. The summed E-state index contributed by atoms with van der Waals surface area (Å²) >= 11 is 2.35. The number of hydrogen-bond acceptors (Lipinski definition) is 13. The predicted molar refractivity (Wildman–Crippen MR) is 156 cm³/mol. The standard InChI is InChI=1S/C24H27N11O5S3/c1-12-6-15-18(9-26-12)42-23(28-15)24(37)35-5-4-34(11-16(35)22(36)27-10-19-29-32-33-30-19)43(39,40)20-8-14-7-13(21(25)31-38)2-3-17(14)41-20/h2-3,7-8,12,16,26,38H,4-6,9-11H2,1H3,(H2,25,31)(H,27,36)(H,29,30,32,33). The van der Waals surface area contributed by atoms with E-state index < -0.39 is 27.9 Å². The van der Waals surface area contributed by atoms with Crippen LogP contribution in [0.5, 0.6) is 0 Å². The van der Waals surface area contributed by atoms with Gasteiger partial charge in [0.05, 0.1) is 12.2 Å². The van der Waals surface area contributed by atoms with Crippen LogP contribution in [-0.4, -0.2) is 97.8 Å². The number of fused-ring (bicyclic) bond motifs is 2. The Morgan fingerprint density at radius 3 is 2.86 bits per heavy atom. The number of aromatic amines is 1. The van der Waals surface area contributed by atoms with E-state index in [0.29, 0.717) is 34.4 Å². The number of amides is 2. The molecule has 2 aliphatic heterocycles. The number of nitrogens with one attached hydrogen (secondary N) is 3. The molecule has 0 saturated carbocycles. The van der Waals surface area contributed by atoms with Crippen molar-refractivity contribution in [3.63, 3.8) is 0 Å². The number of piperazine rings is 1. The molecule has 3 aromatic heterocycles. The molecule has 5 heterocycles. The maximum absolute atomic E-state index is 13.8. The Morgan fingerprint density at radius 2 is 2.09 bits per heavy atom. The quantitative estimate of drug-likeness (QED) is 0.0768. The minimum absolute atomic E-state index is 0.0164. The van der Waals surface area contributed by atoms with E-state index in [1.165, 1.54) is 26.6 Å². The first-order valence-electron chi connectivity index (χ1n) is 13.2. The summed E-state index contributed by atoms with van der Waals surface area (Å²) in [6.07, 6.45) is 0.691. The molecule has 2 unspecified atom stereocenters. The molecule has 0 aliphatic carbocycles. The molecule has 4 aromatic rings. The molecule has 0 spiro atoms. The number of tetrazole rings is 1. The summed E-state index contributed by atoms with van der Waals surface area (Å²) in [5.74, 6) is -0.776. The third-order valence-electron chi connectivity index (χ3n) is 7.29. The number of oxime groups is 1. The molecule has 2 amide bonds. The highest BCUT2D eigenvalue weighted by atomic mass is 32.2. The van der Waals surface area contributed by atoms with Gasteiger partial charge in [0.25, 0.3) is 15.9 Å². The second-order valence-corrected chi connectivity index (χ2v) is 14.5. The van der Waals surface area contributed by atoms with Crippen LogP contribution in [0.3, 0.4) is 0 Å². The van der Waals surface area contributed by atoms with Gasteiger partial charge in [-0.25, -0.2) is 18.5 Å². The van der Waals surface area contributed by atoms with Crippen molar-refractivity contribution in [1.29, 1.82) is 0 Å². The lowest BCUT2D eigenvalue weighted by atomic mass is 10.1. The van der Waals surface area contributed by atoms with E-state index in [9.17, 15) is 18.0 Å². The van der Waals surface area contributed by atoms with Crippen molar-refractivity contribution < 1.29 is 23.2 Å². The SMILES string of the molecule is CC1Cc2nc(C(=O)N3CCN(S(=O)(=O)c4cc5cc(/C(N)=N\O)ccc5s4)CC3C(=O)NCc3nnn[nH]3)sc2CN1.